The molecule has 0 bridgehead atoms. The van der Waals surface area contributed by atoms with Gasteiger partial charge in [0.2, 0.25) is 12.0 Å². The Kier molecular flexibility index (Phi) is 9.62. The lowest BCUT2D eigenvalue weighted by atomic mass is 9.94. The van der Waals surface area contributed by atoms with Gasteiger partial charge in [0.25, 0.3) is 0 Å². The molecule has 15 nitrogen and oxygen atoms in total. The van der Waals surface area contributed by atoms with Crippen LogP contribution in [0.15, 0.2) is 48.5 Å². The van der Waals surface area contributed by atoms with Gasteiger partial charge in [0, 0.05) is 17.7 Å². The van der Waals surface area contributed by atoms with Gasteiger partial charge in [-0.05, 0) is 42.0 Å². The third kappa shape index (κ3) is 6.69. The predicted molar refractivity (Wildman–Crippen MR) is 159 cm³/mol. The summed E-state index contributed by atoms with van der Waals surface area (Å²) in [6.07, 6.45) is -7.25. The number of methoxy groups -OCH3 is 2. The zero-order valence-electron chi connectivity index (χ0n) is 25.0. The van der Waals surface area contributed by atoms with Crippen molar-refractivity contribution in [3.8, 4) is 46.0 Å². The van der Waals surface area contributed by atoms with E-state index in [1.807, 2.05) is 0 Å². The van der Waals surface area contributed by atoms with Crippen molar-refractivity contribution in [2.24, 2.45) is 0 Å². The van der Waals surface area contributed by atoms with E-state index in [2.05, 4.69) is 0 Å². The lowest BCUT2D eigenvalue weighted by molar-refractivity contribution is -0.281. The zero-order chi connectivity index (χ0) is 34.0. The Hall–Kier alpha value is -5.22. The molecule has 0 unspecified atom stereocenters. The number of hydrogen-bond donors (Lipinski definition) is 7. The first-order valence-corrected chi connectivity index (χ1v) is 14.2. The van der Waals surface area contributed by atoms with Crippen molar-refractivity contribution in [3.05, 3.63) is 65.2 Å². The van der Waals surface area contributed by atoms with Crippen LogP contribution in [0, 0.1) is 0 Å². The summed E-state index contributed by atoms with van der Waals surface area (Å²) >= 11 is 0. The van der Waals surface area contributed by atoms with Crippen LogP contribution in [0.3, 0.4) is 0 Å². The molecule has 47 heavy (non-hydrogen) atoms. The quantitative estimate of drug-likeness (QED) is 0.128. The molecular formula is C32H32O15. The molecule has 1 fully saturated rings. The summed E-state index contributed by atoms with van der Waals surface area (Å²) in [7, 11) is 2.56. The van der Waals surface area contributed by atoms with Crippen molar-refractivity contribution >= 4 is 17.8 Å². The van der Waals surface area contributed by atoms with E-state index in [4.69, 9.17) is 28.4 Å². The van der Waals surface area contributed by atoms with Crippen LogP contribution >= 0.6 is 0 Å². The number of Topliss-reactive ketones (excluding diaryl/α,β-unsaturated/α-hetero) is 1. The van der Waals surface area contributed by atoms with Gasteiger partial charge in [-0.25, -0.2) is 4.79 Å². The van der Waals surface area contributed by atoms with Crippen molar-refractivity contribution in [3.63, 3.8) is 0 Å². The van der Waals surface area contributed by atoms with E-state index in [-0.39, 0.29) is 52.0 Å². The highest BCUT2D eigenvalue weighted by atomic mass is 16.7. The minimum Gasteiger partial charge on any atom is -0.508 e. The largest absolute Gasteiger partial charge is 0.508 e. The lowest BCUT2D eigenvalue weighted by Crippen LogP contribution is -2.61. The van der Waals surface area contributed by atoms with Crippen LogP contribution in [0.25, 0.3) is 6.08 Å². The van der Waals surface area contributed by atoms with Gasteiger partial charge in [0.1, 0.15) is 47.2 Å². The molecule has 0 amide bonds. The second kappa shape index (κ2) is 13.6. The van der Waals surface area contributed by atoms with Crippen LogP contribution in [-0.2, 0) is 14.3 Å². The molecular weight excluding hydrogens is 624 g/mol. The highest BCUT2D eigenvalue weighted by molar-refractivity contribution is 6.03. The Balaban J connectivity index is 1.42. The Morgan fingerprint density at radius 3 is 2.43 bits per heavy atom. The monoisotopic (exact) mass is 656 g/mol. The fourth-order valence-corrected chi connectivity index (χ4v) is 5.25. The number of fused-ring (bicyclic) bond motifs is 1. The highest BCUT2D eigenvalue weighted by Crippen LogP contribution is 2.49. The van der Waals surface area contributed by atoms with Gasteiger partial charge in [-0.2, -0.15) is 0 Å². The fourth-order valence-electron chi connectivity index (χ4n) is 5.25. The van der Waals surface area contributed by atoms with E-state index < -0.39 is 66.7 Å². The van der Waals surface area contributed by atoms with E-state index >= 15 is 0 Å². The number of carbonyl (C=O) groups excluding carboxylic acids is 2. The van der Waals surface area contributed by atoms with E-state index in [0.29, 0.717) is 5.56 Å². The number of ketones is 1. The summed E-state index contributed by atoms with van der Waals surface area (Å²) in [5.74, 6) is -3.42. The first-order chi connectivity index (χ1) is 22.4. The van der Waals surface area contributed by atoms with Gasteiger partial charge in [-0.15, -0.1) is 0 Å². The fraction of sp³-hybridized carbons (Fsp3) is 0.312. The van der Waals surface area contributed by atoms with Gasteiger partial charge in [0.15, 0.2) is 34.9 Å². The molecule has 0 saturated carbocycles. The van der Waals surface area contributed by atoms with Crippen LogP contribution in [0.4, 0.5) is 0 Å². The third-order valence-electron chi connectivity index (χ3n) is 7.60. The van der Waals surface area contributed by atoms with Crippen LogP contribution in [0.2, 0.25) is 0 Å². The second-order valence-electron chi connectivity index (χ2n) is 10.6. The van der Waals surface area contributed by atoms with E-state index in [1.165, 1.54) is 56.7 Å². The normalized spacial score (nSPS) is 23.9. The average molecular weight is 657 g/mol. The maximum atomic E-state index is 13.1. The molecule has 250 valence electrons. The summed E-state index contributed by atoms with van der Waals surface area (Å²) in [5, 5.41) is 72.0. The number of esters is 1. The Labute approximate surface area is 267 Å². The summed E-state index contributed by atoms with van der Waals surface area (Å²) < 4.78 is 33.0. The van der Waals surface area contributed by atoms with Gasteiger partial charge in [0.05, 0.1) is 27.2 Å². The summed E-state index contributed by atoms with van der Waals surface area (Å²) in [4.78, 5) is 26.0. The van der Waals surface area contributed by atoms with Crippen LogP contribution in [0.1, 0.15) is 34.0 Å². The number of carbonyl (C=O) groups is 2. The molecule has 5 rings (SSSR count). The minimum atomic E-state index is -1.79. The van der Waals surface area contributed by atoms with Crippen LogP contribution in [0.5, 0.6) is 46.0 Å². The molecule has 3 aromatic carbocycles. The Morgan fingerprint density at radius 1 is 0.957 bits per heavy atom. The molecule has 2 aliphatic rings. The SMILES string of the molecule is COc1cc(C=CC(=O)O[C@H]2[C@@H](Oc3ccc(O)cc3[C@H]3CC(=O)c4c(cc(O)c(OC)c4O)O3)O[C@H](CO)[C@H](O)[C@H]2O)ccc1O. The predicted octanol–water partition coefficient (Wildman–Crippen LogP) is 1.68. The van der Waals surface area contributed by atoms with E-state index in [0.717, 1.165) is 12.1 Å². The summed E-state index contributed by atoms with van der Waals surface area (Å²) in [5.41, 5.74) is 0.334. The molecule has 2 heterocycles. The second-order valence-corrected chi connectivity index (χ2v) is 10.6. The maximum absolute atomic E-state index is 13.1. The van der Waals surface area contributed by atoms with Crippen molar-refractivity contribution < 1.29 is 73.8 Å². The Bertz CT molecular complexity index is 1690. The molecule has 0 radical (unpaired) electrons. The summed E-state index contributed by atoms with van der Waals surface area (Å²) in [6, 6.07) is 9.18. The standard InChI is InChI=1S/C32H32O15/c1-42-22-9-14(3-6-17(22)35)4-8-25(38)47-31-29(41)27(39)24(13-33)46-32(31)45-20-7-5-15(34)10-16(20)21-11-18(36)26-23(44-21)12-19(37)30(43-2)28(26)40/h3-10,12,21,24,27,29,31-35,37,39-41H,11,13H2,1-2H3/t21-,24-,27+,29-,31-,32+/m1/s1. The first-order valence-electron chi connectivity index (χ1n) is 14.2. The number of ether oxygens (including phenoxy) is 6. The van der Waals surface area contributed by atoms with Gasteiger partial charge in [-0.1, -0.05) is 6.07 Å². The smallest absolute Gasteiger partial charge is 0.331 e. The average Bonchev–Trinajstić information content (AvgIpc) is 3.04. The molecule has 0 aliphatic carbocycles. The number of aliphatic hydroxyl groups is 3. The number of benzene rings is 3. The van der Waals surface area contributed by atoms with Crippen molar-refractivity contribution in [2.75, 3.05) is 20.8 Å². The number of aromatic hydroxyl groups is 4. The molecule has 6 atom stereocenters. The van der Waals surface area contributed by atoms with Crippen LogP contribution in [-0.4, -0.2) is 99.0 Å². The number of phenolic OH excluding ortho intramolecular Hbond substituents is 4. The Morgan fingerprint density at radius 2 is 1.72 bits per heavy atom. The molecule has 0 spiro atoms. The molecule has 3 aromatic rings. The number of phenols is 4. The number of hydrogen-bond acceptors (Lipinski definition) is 15. The molecule has 1 saturated heterocycles. The minimum absolute atomic E-state index is 0.0657. The van der Waals surface area contributed by atoms with E-state index in [1.54, 1.807) is 0 Å². The third-order valence-corrected chi connectivity index (χ3v) is 7.60. The molecule has 15 heteroatoms. The number of rotatable bonds is 9. The highest BCUT2D eigenvalue weighted by Gasteiger charge is 2.48. The lowest BCUT2D eigenvalue weighted by Gasteiger charge is -2.41. The van der Waals surface area contributed by atoms with Crippen molar-refractivity contribution in [1.82, 2.24) is 0 Å². The number of aliphatic hydroxyl groups excluding tert-OH is 3. The van der Waals surface area contributed by atoms with Crippen molar-refractivity contribution in [1.29, 1.82) is 0 Å². The topological polar surface area (TPSA) is 231 Å². The van der Waals surface area contributed by atoms with Crippen LogP contribution < -0.4 is 18.9 Å². The first kappa shape index (κ1) is 33.2. The zero-order valence-corrected chi connectivity index (χ0v) is 25.0. The molecule has 0 aromatic heterocycles. The maximum Gasteiger partial charge on any atom is 0.331 e. The van der Waals surface area contributed by atoms with Gasteiger partial charge < -0.3 is 64.2 Å². The molecule has 2 aliphatic heterocycles. The van der Waals surface area contributed by atoms with Crippen molar-refractivity contribution in [2.45, 2.75) is 43.2 Å². The summed E-state index contributed by atoms with van der Waals surface area (Å²) in [6.45, 7) is -0.739. The molecule has 7 N–H and O–H groups in total. The van der Waals surface area contributed by atoms with Gasteiger partial charge in [-0.3, -0.25) is 4.79 Å². The van der Waals surface area contributed by atoms with E-state index in [9.17, 15) is 45.3 Å². The van der Waals surface area contributed by atoms with Gasteiger partial charge >= 0.3 is 5.97 Å².